The molecule has 0 saturated carbocycles. The van der Waals surface area contributed by atoms with Gasteiger partial charge in [-0.1, -0.05) is 35.2 Å². The van der Waals surface area contributed by atoms with Crippen LogP contribution in [0.2, 0.25) is 0 Å². The van der Waals surface area contributed by atoms with E-state index in [2.05, 4.69) is 26.1 Å². The standard InChI is InChI=1S/C16H23BrN2O/c1-13-11-14(17)7-8-15(13)18-16(20)12-19-9-5-3-2-4-6-10-19/h7-8,11H,2-6,9-10,12H2,1H3,(H,18,20). The van der Waals surface area contributed by atoms with Gasteiger partial charge in [-0.3, -0.25) is 9.69 Å². The van der Waals surface area contributed by atoms with Crippen LogP contribution in [0, 0.1) is 6.92 Å². The molecule has 1 aliphatic rings. The van der Waals surface area contributed by atoms with Gasteiger partial charge in [0.2, 0.25) is 5.91 Å². The maximum Gasteiger partial charge on any atom is 0.238 e. The fourth-order valence-corrected chi connectivity index (χ4v) is 3.11. The van der Waals surface area contributed by atoms with E-state index in [0.717, 1.165) is 28.8 Å². The number of nitrogens with one attached hydrogen (secondary N) is 1. The maximum absolute atomic E-state index is 12.2. The van der Waals surface area contributed by atoms with Gasteiger partial charge in [-0.25, -0.2) is 0 Å². The van der Waals surface area contributed by atoms with Crippen molar-refractivity contribution < 1.29 is 4.79 Å². The van der Waals surface area contributed by atoms with Crippen LogP contribution in [-0.4, -0.2) is 30.4 Å². The van der Waals surface area contributed by atoms with Crippen molar-refractivity contribution in [2.45, 2.75) is 39.0 Å². The minimum atomic E-state index is 0.0935. The van der Waals surface area contributed by atoms with Crippen LogP contribution in [0.4, 0.5) is 5.69 Å². The predicted molar refractivity (Wildman–Crippen MR) is 87.0 cm³/mol. The number of aryl methyl sites for hydroxylation is 1. The summed E-state index contributed by atoms with van der Waals surface area (Å²) in [6, 6.07) is 5.93. The molecule has 4 heteroatoms. The Bertz CT molecular complexity index is 454. The van der Waals surface area contributed by atoms with Gasteiger partial charge in [-0.2, -0.15) is 0 Å². The van der Waals surface area contributed by atoms with Crippen molar-refractivity contribution in [3.8, 4) is 0 Å². The lowest BCUT2D eigenvalue weighted by Gasteiger charge is -2.23. The van der Waals surface area contributed by atoms with E-state index in [1.165, 1.54) is 32.1 Å². The molecule has 0 atom stereocenters. The molecule has 20 heavy (non-hydrogen) atoms. The molecule has 110 valence electrons. The van der Waals surface area contributed by atoms with Gasteiger partial charge in [0, 0.05) is 10.2 Å². The van der Waals surface area contributed by atoms with E-state index in [4.69, 9.17) is 0 Å². The molecule has 1 heterocycles. The van der Waals surface area contributed by atoms with Crippen molar-refractivity contribution in [1.82, 2.24) is 4.90 Å². The van der Waals surface area contributed by atoms with E-state index >= 15 is 0 Å². The zero-order valence-electron chi connectivity index (χ0n) is 12.1. The van der Waals surface area contributed by atoms with Crippen LogP contribution in [0.1, 0.15) is 37.7 Å². The Hall–Kier alpha value is -0.870. The Morgan fingerprint density at radius 1 is 1.20 bits per heavy atom. The van der Waals surface area contributed by atoms with Gasteiger partial charge in [0.1, 0.15) is 0 Å². The molecule has 0 spiro atoms. The Morgan fingerprint density at radius 2 is 1.85 bits per heavy atom. The van der Waals surface area contributed by atoms with Crippen molar-refractivity contribution in [1.29, 1.82) is 0 Å². The molecule has 1 amide bonds. The molecule has 1 aromatic carbocycles. The van der Waals surface area contributed by atoms with Gasteiger partial charge in [-0.15, -0.1) is 0 Å². The van der Waals surface area contributed by atoms with E-state index < -0.39 is 0 Å². The highest BCUT2D eigenvalue weighted by Crippen LogP contribution is 2.20. The number of carbonyl (C=O) groups excluding carboxylic acids is 1. The third kappa shape index (κ3) is 4.91. The number of hydrogen-bond acceptors (Lipinski definition) is 2. The second-order valence-electron chi connectivity index (χ2n) is 5.55. The molecule has 0 radical (unpaired) electrons. The van der Waals surface area contributed by atoms with E-state index in [1.807, 2.05) is 25.1 Å². The third-order valence-corrected chi connectivity index (χ3v) is 4.27. The fourth-order valence-electron chi connectivity index (χ4n) is 2.63. The molecule has 1 saturated heterocycles. The maximum atomic E-state index is 12.2. The first-order chi connectivity index (χ1) is 9.65. The van der Waals surface area contributed by atoms with Gasteiger partial charge in [-0.05, 0) is 56.6 Å². The Kier molecular flexibility index (Phi) is 6.05. The quantitative estimate of drug-likeness (QED) is 0.904. The van der Waals surface area contributed by atoms with Crippen LogP contribution >= 0.6 is 15.9 Å². The van der Waals surface area contributed by atoms with E-state index in [0.29, 0.717) is 6.54 Å². The molecule has 0 aliphatic carbocycles. The van der Waals surface area contributed by atoms with Crippen LogP contribution in [0.5, 0.6) is 0 Å². The van der Waals surface area contributed by atoms with E-state index in [9.17, 15) is 4.79 Å². The molecule has 1 aromatic rings. The van der Waals surface area contributed by atoms with Crippen molar-refractivity contribution in [3.05, 3.63) is 28.2 Å². The molecular weight excluding hydrogens is 316 g/mol. The molecule has 2 rings (SSSR count). The number of amides is 1. The lowest BCUT2D eigenvalue weighted by molar-refractivity contribution is -0.117. The first-order valence-electron chi connectivity index (χ1n) is 7.43. The molecule has 3 nitrogen and oxygen atoms in total. The summed E-state index contributed by atoms with van der Waals surface area (Å²) in [6.45, 7) is 4.62. The summed E-state index contributed by atoms with van der Waals surface area (Å²) in [5.41, 5.74) is 1.99. The Morgan fingerprint density at radius 3 is 2.50 bits per heavy atom. The Labute approximate surface area is 129 Å². The first-order valence-corrected chi connectivity index (χ1v) is 8.23. The molecule has 1 N–H and O–H groups in total. The second-order valence-corrected chi connectivity index (χ2v) is 6.47. The van der Waals surface area contributed by atoms with Gasteiger partial charge in [0.25, 0.3) is 0 Å². The molecule has 0 aromatic heterocycles. The summed E-state index contributed by atoms with van der Waals surface area (Å²) >= 11 is 3.44. The second kappa shape index (κ2) is 7.79. The number of benzene rings is 1. The number of carbonyl (C=O) groups is 1. The van der Waals surface area contributed by atoms with E-state index in [-0.39, 0.29) is 5.91 Å². The zero-order chi connectivity index (χ0) is 14.4. The van der Waals surface area contributed by atoms with Gasteiger partial charge >= 0.3 is 0 Å². The number of halogens is 1. The Balaban J connectivity index is 1.87. The monoisotopic (exact) mass is 338 g/mol. The summed E-state index contributed by atoms with van der Waals surface area (Å²) in [4.78, 5) is 14.4. The summed E-state index contributed by atoms with van der Waals surface area (Å²) in [5, 5.41) is 3.02. The fraction of sp³-hybridized carbons (Fsp3) is 0.562. The van der Waals surface area contributed by atoms with Gasteiger partial charge in [0.15, 0.2) is 0 Å². The summed E-state index contributed by atoms with van der Waals surface area (Å²) in [5.74, 6) is 0.0935. The van der Waals surface area contributed by atoms with Crippen molar-refractivity contribution in [3.63, 3.8) is 0 Å². The van der Waals surface area contributed by atoms with Crippen LogP contribution in [-0.2, 0) is 4.79 Å². The van der Waals surface area contributed by atoms with Gasteiger partial charge < -0.3 is 5.32 Å². The number of rotatable bonds is 3. The van der Waals surface area contributed by atoms with Crippen molar-refractivity contribution in [2.24, 2.45) is 0 Å². The van der Waals surface area contributed by atoms with Crippen molar-refractivity contribution >= 4 is 27.5 Å². The average Bonchev–Trinajstić information content (AvgIpc) is 2.36. The summed E-state index contributed by atoms with van der Waals surface area (Å²) in [7, 11) is 0. The van der Waals surface area contributed by atoms with Crippen LogP contribution in [0.3, 0.4) is 0 Å². The number of hydrogen-bond donors (Lipinski definition) is 1. The topological polar surface area (TPSA) is 32.3 Å². The van der Waals surface area contributed by atoms with Crippen LogP contribution in [0.25, 0.3) is 0 Å². The highest BCUT2D eigenvalue weighted by molar-refractivity contribution is 9.10. The molecule has 0 bridgehead atoms. The predicted octanol–water partition coefficient (Wildman–Crippen LogP) is 3.96. The van der Waals surface area contributed by atoms with Crippen molar-refractivity contribution in [2.75, 3.05) is 25.0 Å². The lowest BCUT2D eigenvalue weighted by atomic mass is 10.1. The highest BCUT2D eigenvalue weighted by atomic mass is 79.9. The van der Waals surface area contributed by atoms with Gasteiger partial charge in [0.05, 0.1) is 6.54 Å². The highest BCUT2D eigenvalue weighted by Gasteiger charge is 2.13. The van der Waals surface area contributed by atoms with E-state index in [1.54, 1.807) is 0 Å². The molecule has 1 aliphatic heterocycles. The smallest absolute Gasteiger partial charge is 0.238 e. The SMILES string of the molecule is Cc1cc(Br)ccc1NC(=O)CN1CCCCCCC1. The summed E-state index contributed by atoms with van der Waals surface area (Å²) in [6.07, 6.45) is 6.36. The molecule has 1 fully saturated rings. The number of anilines is 1. The largest absolute Gasteiger partial charge is 0.325 e. The number of nitrogens with zero attached hydrogens (tertiary/aromatic N) is 1. The minimum Gasteiger partial charge on any atom is -0.325 e. The molecule has 0 unspecified atom stereocenters. The number of likely N-dealkylation sites (tertiary alicyclic amines) is 1. The van der Waals surface area contributed by atoms with Crippen LogP contribution < -0.4 is 5.32 Å². The summed E-state index contributed by atoms with van der Waals surface area (Å²) < 4.78 is 1.04. The average molecular weight is 339 g/mol. The molecular formula is C16H23BrN2O. The minimum absolute atomic E-state index is 0.0935. The lowest BCUT2D eigenvalue weighted by Crippen LogP contribution is -2.35. The normalized spacial score (nSPS) is 17.3. The zero-order valence-corrected chi connectivity index (χ0v) is 13.7. The van der Waals surface area contributed by atoms with Crippen LogP contribution in [0.15, 0.2) is 22.7 Å². The third-order valence-electron chi connectivity index (χ3n) is 3.78. The first kappa shape index (κ1) is 15.5.